The fraction of sp³-hybridized carbons (Fsp3) is 0.280. The second kappa shape index (κ2) is 12.5. The average Bonchev–Trinajstić information content (AvgIpc) is 3.33. The lowest BCUT2D eigenvalue weighted by molar-refractivity contribution is -0.137. The number of likely N-dealkylation sites (N-methyl/N-ethyl adjacent to an activating group) is 1. The molecule has 3 N–H and O–H groups in total. The molecule has 0 spiro atoms. The number of halogens is 2. The van der Waals surface area contributed by atoms with Gasteiger partial charge in [-0.15, -0.1) is 0 Å². The molecule has 196 valence electrons. The van der Waals surface area contributed by atoms with Gasteiger partial charge in [0.2, 0.25) is 5.88 Å². The predicted molar refractivity (Wildman–Crippen MR) is 129 cm³/mol. The Bertz CT molecular complexity index is 1240. The Hall–Kier alpha value is -4.48. The van der Waals surface area contributed by atoms with Crippen molar-refractivity contribution in [3.05, 3.63) is 71.8 Å². The van der Waals surface area contributed by atoms with E-state index in [0.29, 0.717) is 5.69 Å². The quantitative estimate of drug-likeness (QED) is 0.358. The number of hydrogen-bond acceptors (Lipinski definition) is 6. The number of nitrogens with zero attached hydrogens (tertiary/aromatic N) is 2. The van der Waals surface area contributed by atoms with Crippen LogP contribution in [0.2, 0.25) is 0 Å². The number of aliphatic carboxylic acids is 1. The van der Waals surface area contributed by atoms with E-state index in [1.807, 2.05) is 30.3 Å². The number of aromatic nitrogens is 1. The van der Waals surface area contributed by atoms with E-state index < -0.39 is 41.9 Å². The molecule has 0 saturated carbocycles. The van der Waals surface area contributed by atoms with Crippen molar-refractivity contribution in [1.82, 2.24) is 15.4 Å². The molecule has 0 bridgehead atoms. The van der Waals surface area contributed by atoms with Crippen LogP contribution in [0.5, 0.6) is 0 Å². The number of carboxylic acid groups (broad SMARTS) is 1. The molecule has 1 unspecified atom stereocenters. The van der Waals surface area contributed by atoms with Crippen LogP contribution in [0.4, 0.5) is 24.3 Å². The van der Waals surface area contributed by atoms with Crippen LogP contribution >= 0.6 is 0 Å². The minimum absolute atomic E-state index is 0.0290. The van der Waals surface area contributed by atoms with Crippen molar-refractivity contribution in [2.75, 3.05) is 12.4 Å². The predicted octanol–water partition coefficient (Wildman–Crippen LogP) is 4.63. The fourth-order valence-corrected chi connectivity index (χ4v) is 3.60. The van der Waals surface area contributed by atoms with E-state index in [4.69, 9.17) is 14.4 Å². The van der Waals surface area contributed by atoms with Crippen LogP contribution < -0.4 is 10.6 Å². The van der Waals surface area contributed by atoms with Gasteiger partial charge in [-0.05, 0) is 19.4 Å². The average molecular weight is 517 g/mol. The van der Waals surface area contributed by atoms with Gasteiger partial charge in [-0.1, -0.05) is 47.6 Å². The number of amides is 3. The summed E-state index contributed by atoms with van der Waals surface area (Å²) in [6, 6.07) is 12.7. The first-order chi connectivity index (χ1) is 17.7. The zero-order valence-corrected chi connectivity index (χ0v) is 20.1. The van der Waals surface area contributed by atoms with Gasteiger partial charge in [0.1, 0.15) is 11.8 Å². The topological polar surface area (TPSA) is 134 Å². The second-order valence-electron chi connectivity index (χ2n) is 8.16. The van der Waals surface area contributed by atoms with Gasteiger partial charge in [0, 0.05) is 37.2 Å². The summed E-state index contributed by atoms with van der Waals surface area (Å²) in [4.78, 5) is 37.4. The highest BCUT2D eigenvalue weighted by Gasteiger charge is 2.29. The van der Waals surface area contributed by atoms with Gasteiger partial charge >= 0.3 is 18.1 Å². The van der Waals surface area contributed by atoms with Gasteiger partial charge < -0.3 is 24.6 Å². The van der Waals surface area contributed by atoms with Crippen LogP contribution in [-0.2, 0) is 16.1 Å². The number of rotatable bonds is 10. The number of benzene rings is 2. The van der Waals surface area contributed by atoms with Gasteiger partial charge in [0.05, 0.1) is 6.04 Å². The summed E-state index contributed by atoms with van der Waals surface area (Å²) in [6.07, 6.45) is -2.20. The molecule has 0 radical (unpaired) electrons. The van der Waals surface area contributed by atoms with E-state index in [1.165, 1.54) is 32.2 Å². The van der Waals surface area contributed by atoms with Crippen molar-refractivity contribution in [3.8, 4) is 11.3 Å². The highest BCUT2D eigenvalue weighted by molar-refractivity contribution is 5.84. The van der Waals surface area contributed by atoms with E-state index in [1.54, 1.807) is 0 Å². The third-order valence-corrected chi connectivity index (χ3v) is 5.57. The van der Waals surface area contributed by atoms with Crippen molar-refractivity contribution < 1.29 is 37.5 Å². The van der Waals surface area contributed by atoms with Crippen LogP contribution in [0.15, 0.2) is 59.1 Å². The van der Waals surface area contributed by atoms with Crippen LogP contribution in [0, 0.1) is 11.6 Å². The molecule has 10 nitrogen and oxygen atoms in total. The molecule has 1 heterocycles. The normalized spacial score (nSPS) is 12.3. The van der Waals surface area contributed by atoms with Gasteiger partial charge in [-0.3, -0.25) is 10.1 Å². The molecule has 0 fully saturated rings. The summed E-state index contributed by atoms with van der Waals surface area (Å²) in [5, 5.41) is 17.9. The molecule has 3 aromatic rings. The number of carbonyl (C=O) groups excluding carboxylic acids is 2. The number of ether oxygens (including phenoxy) is 1. The SMILES string of the molecule is CC(OC(=O)Nc1cc(-c2ccccc2)no1)[C@H](CCC(=O)O)N(C)C(=O)NCc1cccc(F)c1F. The maximum absolute atomic E-state index is 13.9. The van der Waals surface area contributed by atoms with Crippen molar-refractivity contribution in [2.45, 2.75) is 38.5 Å². The van der Waals surface area contributed by atoms with Crippen LogP contribution in [-0.4, -0.2) is 52.5 Å². The monoisotopic (exact) mass is 516 g/mol. The summed E-state index contributed by atoms with van der Waals surface area (Å²) in [5.74, 6) is -3.20. The molecule has 0 saturated heterocycles. The number of carbonyl (C=O) groups is 3. The molecule has 12 heteroatoms. The van der Waals surface area contributed by atoms with Gasteiger partial charge in [0.15, 0.2) is 11.6 Å². The minimum Gasteiger partial charge on any atom is -0.481 e. The fourth-order valence-electron chi connectivity index (χ4n) is 3.60. The molecular weight excluding hydrogens is 490 g/mol. The molecule has 2 aromatic carbocycles. The first-order valence-electron chi connectivity index (χ1n) is 11.3. The van der Waals surface area contributed by atoms with Crippen molar-refractivity contribution >= 4 is 24.0 Å². The third kappa shape index (κ3) is 7.50. The largest absolute Gasteiger partial charge is 0.481 e. The molecule has 3 amide bonds. The smallest absolute Gasteiger partial charge is 0.414 e. The van der Waals surface area contributed by atoms with E-state index in [9.17, 15) is 23.2 Å². The van der Waals surface area contributed by atoms with Crippen molar-refractivity contribution in [3.63, 3.8) is 0 Å². The van der Waals surface area contributed by atoms with E-state index in [2.05, 4.69) is 15.8 Å². The van der Waals surface area contributed by atoms with E-state index in [0.717, 1.165) is 16.5 Å². The molecule has 0 aliphatic heterocycles. The van der Waals surface area contributed by atoms with E-state index >= 15 is 0 Å². The van der Waals surface area contributed by atoms with Gasteiger partial charge in [-0.2, -0.15) is 0 Å². The standard InChI is InChI=1S/C25H26F2N4O6/c1-15(36-25(35)29-21-13-19(30-37-21)16-7-4-3-5-8-16)20(11-12-22(32)33)31(2)24(34)28-14-17-9-6-10-18(26)23(17)27/h3-10,13,15,20H,11-12,14H2,1-2H3,(H,28,34)(H,29,35)(H,32,33)/t15?,20-/m0/s1. The Morgan fingerprint density at radius 2 is 1.86 bits per heavy atom. The van der Waals surface area contributed by atoms with Gasteiger partial charge in [0.25, 0.3) is 0 Å². The number of nitrogens with one attached hydrogen (secondary N) is 2. The van der Waals surface area contributed by atoms with Crippen LogP contribution in [0.25, 0.3) is 11.3 Å². The van der Waals surface area contributed by atoms with Crippen molar-refractivity contribution in [1.29, 1.82) is 0 Å². The number of carboxylic acids is 1. The Kier molecular flexibility index (Phi) is 9.14. The first-order valence-corrected chi connectivity index (χ1v) is 11.3. The molecule has 3 rings (SSSR count). The lowest BCUT2D eigenvalue weighted by atomic mass is 10.1. The summed E-state index contributed by atoms with van der Waals surface area (Å²) in [7, 11) is 1.38. The molecule has 2 atom stereocenters. The minimum atomic E-state index is -1.10. The van der Waals surface area contributed by atoms with Gasteiger partial charge in [-0.25, -0.2) is 18.4 Å². The highest BCUT2D eigenvalue weighted by atomic mass is 19.2. The van der Waals surface area contributed by atoms with E-state index in [-0.39, 0.29) is 30.8 Å². The zero-order chi connectivity index (χ0) is 26.9. The molecular formula is C25H26F2N4O6. The summed E-state index contributed by atoms with van der Waals surface area (Å²) >= 11 is 0. The highest BCUT2D eigenvalue weighted by Crippen LogP contribution is 2.22. The molecule has 0 aliphatic rings. The number of anilines is 1. The van der Waals surface area contributed by atoms with Crippen LogP contribution in [0.3, 0.4) is 0 Å². The lowest BCUT2D eigenvalue weighted by Crippen LogP contribution is -2.49. The Balaban J connectivity index is 1.62. The Morgan fingerprint density at radius 1 is 1.14 bits per heavy atom. The summed E-state index contributed by atoms with van der Waals surface area (Å²) in [5.41, 5.74) is 1.21. The molecule has 0 aliphatic carbocycles. The Labute approximate surface area is 211 Å². The first kappa shape index (κ1) is 27.1. The summed E-state index contributed by atoms with van der Waals surface area (Å²) < 4.78 is 37.8. The summed E-state index contributed by atoms with van der Waals surface area (Å²) in [6.45, 7) is 1.20. The zero-order valence-electron chi connectivity index (χ0n) is 20.1. The molecule has 1 aromatic heterocycles. The maximum atomic E-state index is 13.9. The van der Waals surface area contributed by atoms with Crippen molar-refractivity contribution in [2.24, 2.45) is 0 Å². The number of hydrogen-bond donors (Lipinski definition) is 3. The lowest BCUT2D eigenvalue weighted by Gasteiger charge is -2.32. The van der Waals surface area contributed by atoms with Crippen LogP contribution in [0.1, 0.15) is 25.3 Å². The maximum Gasteiger partial charge on any atom is 0.414 e. The Morgan fingerprint density at radius 3 is 2.57 bits per heavy atom. The second-order valence-corrected chi connectivity index (χ2v) is 8.16. The third-order valence-electron chi connectivity index (χ3n) is 5.57. The molecule has 37 heavy (non-hydrogen) atoms. The number of urea groups is 1.